The Kier molecular flexibility index (Phi) is 7.35. The second kappa shape index (κ2) is 8.98. The van der Waals surface area contributed by atoms with Crippen molar-refractivity contribution in [3.05, 3.63) is 28.8 Å². The minimum absolute atomic E-state index is 0.116. The van der Waals surface area contributed by atoms with E-state index in [-0.39, 0.29) is 11.7 Å². The van der Waals surface area contributed by atoms with E-state index in [1.54, 1.807) is 0 Å². The maximum atomic E-state index is 12.9. The number of alkyl halides is 3. The van der Waals surface area contributed by atoms with Crippen molar-refractivity contribution in [1.82, 2.24) is 8.61 Å². The van der Waals surface area contributed by atoms with Crippen LogP contribution in [0, 0.1) is 0 Å². The van der Waals surface area contributed by atoms with Gasteiger partial charge >= 0.3 is 6.18 Å². The van der Waals surface area contributed by atoms with E-state index in [0.29, 0.717) is 6.07 Å². The molecule has 2 rings (SSSR count). The first kappa shape index (κ1) is 22.9. The molecule has 1 amide bonds. The van der Waals surface area contributed by atoms with E-state index < -0.39 is 39.4 Å². The van der Waals surface area contributed by atoms with E-state index in [1.165, 1.54) is 24.5 Å². The molecule has 1 saturated carbocycles. The molecule has 1 aliphatic carbocycles. The number of hydrogen-bond donors (Lipinski definition) is 1. The van der Waals surface area contributed by atoms with E-state index in [9.17, 15) is 26.4 Å². The molecule has 1 aliphatic rings. The van der Waals surface area contributed by atoms with E-state index in [1.807, 2.05) is 0 Å². The molecule has 0 aliphatic heterocycles. The summed E-state index contributed by atoms with van der Waals surface area (Å²) in [7, 11) is -1.12. The number of amides is 1. The molecule has 0 spiro atoms. The lowest BCUT2D eigenvalue weighted by Crippen LogP contribution is -2.47. The first-order valence-electron chi connectivity index (χ1n) is 8.79. The molecular weight excluding hydrogens is 419 g/mol. The number of benzene rings is 1. The van der Waals surface area contributed by atoms with Crippen LogP contribution in [0.5, 0.6) is 0 Å². The van der Waals surface area contributed by atoms with Crippen molar-refractivity contribution in [3.63, 3.8) is 0 Å². The molecular formula is C17H23ClF3N3O3S. The standard InChI is InChI=1S/C17H23ClF3N3O3S/c1-23(28(26,27)24(2)13-6-4-3-5-7-13)11-16(25)22-12-8-9-15(18)14(10-12)17(19,20)21/h8-10,13H,3-7,11H2,1-2H3,(H,22,25). The Balaban J connectivity index is 2.04. The van der Waals surface area contributed by atoms with Crippen molar-refractivity contribution >= 4 is 33.4 Å². The van der Waals surface area contributed by atoms with Gasteiger partial charge in [-0.05, 0) is 31.0 Å². The summed E-state index contributed by atoms with van der Waals surface area (Å²) in [6.07, 6.45) is -0.161. The Morgan fingerprint density at radius 1 is 1.21 bits per heavy atom. The predicted molar refractivity (Wildman–Crippen MR) is 101 cm³/mol. The highest BCUT2D eigenvalue weighted by Gasteiger charge is 2.34. The van der Waals surface area contributed by atoms with E-state index in [0.717, 1.165) is 42.5 Å². The van der Waals surface area contributed by atoms with Gasteiger partial charge in [-0.15, -0.1) is 0 Å². The number of anilines is 1. The fraction of sp³-hybridized carbons (Fsp3) is 0.588. The number of nitrogens with zero attached hydrogens (tertiary/aromatic N) is 2. The normalized spacial score (nSPS) is 16.6. The molecule has 1 N–H and O–H groups in total. The molecule has 6 nitrogen and oxygen atoms in total. The minimum Gasteiger partial charge on any atom is -0.325 e. The monoisotopic (exact) mass is 441 g/mol. The van der Waals surface area contributed by atoms with Crippen LogP contribution in [0.2, 0.25) is 5.02 Å². The Bertz CT molecular complexity index is 812. The number of carbonyl (C=O) groups is 1. The van der Waals surface area contributed by atoms with Gasteiger partial charge < -0.3 is 5.32 Å². The molecule has 28 heavy (non-hydrogen) atoms. The number of likely N-dealkylation sites (N-methyl/N-ethyl adjacent to an activating group) is 1. The molecule has 0 unspecified atom stereocenters. The first-order chi connectivity index (χ1) is 12.9. The van der Waals surface area contributed by atoms with Crippen LogP contribution >= 0.6 is 11.6 Å². The Labute approximate surface area is 167 Å². The highest BCUT2D eigenvalue weighted by molar-refractivity contribution is 7.86. The van der Waals surface area contributed by atoms with Gasteiger partial charge in [0.2, 0.25) is 5.91 Å². The van der Waals surface area contributed by atoms with Crippen LogP contribution in [0.15, 0.2) is 18.2 Å². The largest absolute Gasteiger partial charge is 0.417 e. The van der Waals surface area contributed by atoms with Gasteiger partial charge in [0, 0.05) is 25.8 Å². The van der Waals surface area contributed by atoms with Crippen molar-refractivity contribution in [1.29, 1.82) is 0 Å². The molecule has 0 radical (unpaired) electrons. The number of halogens is 4. The van der Waals surface area contributed by atoms with Crippen LogP contribution in [0.3, 0.4) is 0 Å². The predicted octanol–water partition coefficient (Wildman–Crippen LogP) is 3.74. The highest BCUT2D eigenvalue weighted by atomic mass is 35.5. The molecule has 0 heterocycles. The third-order valence-electron chi connectivity index (χ3n) is 4.77. The summed E-state index contributed by atoms with van der Waals surface area (Å²) in [6.45, 7) is -0.524. The van der Waals surface area contributed by atoms with E-state index in [4.69, 9.17) is 11.6 Å². The Morgan fingerprint density at radius 2 is 1.82 bits per heavy atom. The van der Waals surface area contributed by atoms with Gasteiger partial charge in [0.05, 0.1) is 17.1 Å². The summed E-state index contributed by atoms with van der Waals surface area (Å²) in [4.78, 5) is 12.2. The van der Waals surface area contributed by atoms with Gasteiger partial charge in [0.25, 0.3) is 10.2 Å². The van der Waals surface area contributed by atoms with Crippen molar-refractivity contribution < 1.29 is 26.4 Å². The van der Waals surface area contributed by atoms with Gasteiger partial charge in [0.1, 0.15) is 0 Å². The van der Waals surface area contributed by atoms with E-state index in [2.05, 4.69) is 5.32 Å². The quantitative estimate of drug-likeness (QED) is 0.731. The lowest BCUT2D eigenvalue weighted by atomic mass is 9.96. The van der Waals surface area contributed by atoms with E-state index >= 15 is 0 Å². The smallest absolute Gasteiger partial charge is 0.325 e. The van der Waals surface area contributed by atoms with Crippen molar-refractivity contribution in [2.75, 3.05) is 26.0 Å². The average Bonchev–Trinajstić information content (AvgIpc) is 2.62. The van der Waals surface area contributed by atoms with Crippen LogP contribution in [0.1, 0.15) is 37.7 Å². The number of rotatable bonds is 6. The topological polar surface area (TPSA) is 69.7 Å². The Morgan fingerprint density at radius 3 is 2.39 bits per heavy atom. The molecule has 0 atom stereocenters. The zero-order chi connectivity index (χ0) is 21.1. The van der Waals surface area contributed by atoms with Crippen LogP contribution in [-0.2, 0) is 21.2 Å². The number of nitrogens with one attached hydrogen (secondary N) is 1. The Hall–Kier alpha value is -1.36. The average molecular weight is 442 g/mol. The summed E-state index contributed by atoms with van der Waals surface area (Å²) in [6, 6.07) is 2.84. The van der Waals surface area contributed by atoms with Crippen molar-refractivity contribution in [2.45, 2.75) is 44.3 Å². The summed E-state index contributed by atoms with van der Waals surface area (Å²) in [5.74, 6) is -0.751. The molecule has 1 fully saturated rings. The SMILES string of the molecule is CN(CC(=O)Nc1ccc(Cl)c(C(F)(F)F)c1)S(=O)(=O)N(C)C1CCCCC1. The molecule has 0 bridgehead atoms. The zero-order valence-corrected chi connectivity index (χ0v) is 17.2. The zero-order valence-electron chi connectivity index (χ0n) is 15.6. The van der Waals surface area contributed by atoms with Crippen LogP contribution < -0.4 is 5.32 Å². The van der Waals surface area contributed by atoms with Crippen LogP contribution in [0.25, 0.3) is 0 Å². The minimum atomic E-state index is -4.67. The van der Waals surface area contributed by atoms with Crippen molar-refractivity contribution in [2.24, 2.45) is 0 Å². The fourth-order valence-corrected chi connectivity index (χ4v) is 4.69. The fourth-order valence-electron chi connectivity index (χ4n) is 3.16. The van der Waals surface area contributed by atoms with Crippen molar-refractivity contribution in [3.8, 4) is 0 Å². The molecule has 1 aromatic carbocycles. The number of hydrogen-bond acceptors (Lipinski definition) is 3. The maximum absolute atomic E-state index is 12.9. The summed E-state index contributed by atoms with van der Waals surface area (Å²) < 4.78 is 66.2. The van der Waals surface area contributed by atoms with Gasteiger partial charge in [-0.1, -0.05) is 30.9 Å². The highest BCUT2D eigenvalue weighted by Crippen LogP contribution is 2.36. The number of carbonyl (C=O) groups excluding carboxylic acids is 1. The lowest BCUT2D eigenvalue weighted by molar-refractivity contribution is -0.137. The summed E-state index contributed by atoms with van der Waals surface area (Å²) >= 11 is 5.54. The third kappa shape index (κ3) is 5.59. The summed E-state index contributed by atoms with van der Waals surface area (Å²) in [5, 5.41) is 1.79. The lowest BCUT2D eigenvalue weighted by Gasteiger charge is -2.33. The summed E-state index contributed by atoms with van der Waals surface area (Å²) in [5.41, 5.74) is -1.20. The molecule has 1 aromatic rings. The molecule has 0 aromatic heterocycles. The third-order valence-corrected chi connectivity index (χ3v) is 7.04. The van der Waals surface area contributed by atoms with Gasteiger partial charge in [0.15, 0.2) is 0 Å². The van der Waals surface area contributed by atoms with Crippen LogP contribution in [0.4, 0.5) is 18.9 Å². The molecule has 0 saturated heterocycles. The van der Waals surface area contributed by atoms with Gasteiger partial charge in [-0.2, -0.15) is 30.2 Å². The van der Waals surface area contributed by atoms with Crippen LogP contribution in [-0.4, -0.2) is 49.6 Å². The second-order valence-electron chi connectivity index (χ2n) is 6.81. The van der Waals surface area contributed by atoms with Gasteiger partial charge in [-0.3, -0.25) is 4.79 Å². The van der Waals surface area contributed by atoms with Gasteiger partial charge in [-0.25, -0.2) is 0 Å². The molecule has 11 heteroatoms. The second-order valence-corrected chi connectivity index (χ2v) is 9.31. The molecule has 158 valence electrons. The maximum Gasteiger partial charge on any atom is 0.417 e. The first-order valence-corrected chi connectivity index (χ1v) is 10.6.